The maximum absolute atomic E-state index is 12.8. The van der Waals surface area contributed by atoms with Crippen LogP contribution in [0, 0.1) is 0 Å². The molecule has 0 bridgehead atoms. The number of fused-ring (bicyclic) bond motifs is 2. The Balaban J connectivity index is 2.03. The second-order valence-electron chi connectivity index (χ2n) is 5.97. The fraction of sp³-hybridized carbons (Fsp3) is 0.316. The van der Waals surface area contributed by atoms with Crippen molar-refractivity contribution in [3.05, 3.63) is 47.7 Å². The molecule has 0 unspecified atom stereocenters. The second kappa shape index (κ2) is 7.27. The molecule has 2 aromatic rings. The van der Waals surface area contributed by atoms with Crippen LogP contribution in [-0.4, -0.2) is 29.4 Å². The summed E-state index contributed by atoms with van der Waals surface area (Å²) in [7, 11) is 0. The van der Waals surface area contributed by atoms with Gasteiger partial charge in [0.25, 0.3) is 11.8 Å². The van der Waals surface area contributed by atoms with E-state index in [0.717, 1.165) is 17.0 Å². The molecule has 0 saturated heterocycles. The highest BCUT2D eigenvalue weighted by Crippen LogP contribution is 2.40. The average Bonchev–Trinajstić information content (AvgIpc) is 2.74. The fourth-order valence-corrected chi connectivity index (χ4v) is 3.73. The van der Waals surface area contributed by atoms with Gasteiger partial charge in [-0.25, -0.2) is 4.98 Å². The van der Waals surface area contributed by atoms with Crippen molar-refractivity contribution in [2.45, 2.75) is 43.2 Å². The maximum Gasteiger partial charge on any atom is 0.261 e. The zero-order valence-electron chi connectivity index (χ0n) is 14.6. The number of rotatable bonds is 4. The predicted octanol–water partition coefficient (Wildman–Crippen LogP) is 3.74. The molecule has 5 nitrogen and oxygen atoms in total. The number of carbonyl (C=O) groups is 2. The van der Waals surface area contributed by atoms with Crippen molar-refractivity contribution in [1.29, 1.82) is 0 Å². The smallest absolute Gasteiger partial charge is 0.261 e. The van der Waals surface area contributed by atoms with Crippen molar-refractivity contribution >= 4 is 29.3 Å². The van der Waals surface area contributed by atoms with Gasteiger partial charge in [-0.2, -0.15) is 0 Å². The molecular weight excluding hydrogens is 334 g/mol. The molecule has 1 aromatic carbocycles. The maximum atomic E-state index is 12.8. The molecule has 0 fully saturated rings. The molecule has 0 aliphatic carbocycles. The van der Waals surface area contributed by atoms with Crippen molar-refractivity contribution in [3.63, 3.8) is 0 Å². The van der Waals surface area contributed by atoms with Crippen LogP contribution in [0.2, 0.25) is 0 Å². The highest BCUT2D eigenvalue weighted by molar-refractivity contribution is 7.99. The lowest BCUT2D eigenvalue weighted by Gasteiger charge is -2.21. The van der Waals surface area contributed by atoms with E-state index < -0.39 is 0 Å². The first kappa shape index (κ1) is 17.5. The summed E-state index contributed by atoms with van der Waals surface area (Å²) in [6.45, 7) is 6.51. The fourth-order valence-electron chi connectivity index (χ4n) is 2.68. The van der Waals surface area contributed by atoms with Crippen LogP contribution in [0.5, 0.6) is 0 Å². The van der Waals surface area contributed by atoms with Crippen LogP contribution in [0.3, 0.4) is 0 Å². The third-order valence-electron chi connectivity index (χ3n) is 4.27. The molecule has 3 rings (SSSR count). The first-order valence-corrected chi connectivity index (χ1v) is 9.26. The van der Waals surface area contributed by atoms with Gasteiger partial charge >= 0.3 is 0 Å². The Hall–Kier alpha value is -2.34. The first-order chi connectivity index (χ1) is 12.0. The van der Waals surface area contributed by atoms with E-state index in [-0.39, 0.29) is 17.9 Å². The monoisotopic (exact) mass is 355 g/mol. The standard InChI is InChI=1S/C19H21N3O2S/c1-4-12(3)21-17(23)13-8-9-15-16(11-13)25-18-14(7-6-10-20-18)19(24)22(15)5-2/h6-12H,4-5H2,1-3H3,(H,21,23)/t12-/m0/s1. The van der Waals surface area contributed by atoms with E-state index in [1.54, 1.807) is 29.3 Å². The Morgan fingerprint density at radius 3 is 2.84 bits per heavy atom. The van der Waals surface area contributed by atoms with Crippen molar-refractivity contribution in [2.75, 3.05) is 11.4 Å². The second-order valence-corrected chi connectivity index (χ2v) is 7.00. The van der Waals surface area contributed by atoms with Crippen LogP contribution >= 0.6 is 11.8 Å². The van der Waals surface area contributed by atoms with Gasteiger partial charge in [0, 0.05) is 29.2 Å². The molecule has 2 amide bonds. The Labute approximate surface area is 151 Å². The van der Waals surface area contributed by atoms with Gasteiger partial charge in [0.2, 0.25) is 0 Å². The normalized spacial score (nSPS) is 14.4. The Morgan fingerprint density at radius 2 is 2.12 bits per heavy atom. The quantitative estimate of drug-likeness (QED) is 0.907. The van der Waals surface area contributed by atoms with E-state index in [1.807, 2.05) is 32.9 Å². The SMILES string of the molecule is CC[C@H](C)NC(=O)c1ccc2c(c1)Sc1ncccc1C(=O)N2CC. The number of nitrogens with zero attached hydrogens (tertiary/aromatic N) is 2. The van der Waals surface area contributed by atoms with Gasteiger partial charge in [-0.3, -0.25) is 9.59 Å². The number of hydrogen-bond acceptors (Lipinski definition) is 4. The van der Waals surface area contributed by atoms with Crippen molar-refractivity contribution in [1.82, 2.24) is 10.3 Å². The molecule has 130 valence electrons. The molecule has 0 saturated carbocycles. The van der Waals surface area contributed by atoms with Gasteiger partial charge in [-0.05, 0) is 50.6 Å². The molecule has 1 atom stereocenters. The molecule has 25 heavy (non-hydrogen) atoms. The van der Waals surface area contributed by atoms with E-state index in [4.69, 9.17) is 0 Å². The largest absolute Gasteiger partial charge is 0.350 e. The number of hydrogen-bond donors (Lipinski definition) is 1. The summed E-state index contributed by atoms with van der Waals surface area (Å²) in [6.07, 6.45) is 2.56. The lowest BCUT2D eigenvalue weighted by atomic mass is 10.1. The summed E-state index contributed by atoms with van der Waals surface area (Å²) < 4.78 is 0. The lowest BCUT2D eigenvalue weighted by molar-refractivity contribution is 0.0938. The van der Waals surface area contributed by atoms with Crippen LogP contribution in [-0.2, 0) is 0 Å². The number of amides is 2. The molecular formula is C19H21N3O2S. The summed E-state index contributed by atoms with van der Waals surface area (Å²) in [5.74, 6) is -0.161. The molecule has 6 heteroatoms. The minimum absolute atomic E-state index is 0.0614. The zero-order valence-corrected chi connectivity index (χ0v) is 15.4. The Kier molecular flexibility index (Phi) is 5.08. The van der Waals surface area contributed by atoms with Gasteiger partial charge in [0.15, 0.2) is 0 Å². The van der Waals surface area contributed by atoms with E-state index in [9.17, 15) is 9.59 Å². The van der Waals surface area contributed by atoms with Crippen LogP contribution in [0.15, 0.2) is 46.5 Å². The highest BCUT2D eigenvalue weighted by Gasteiger charge is 2.27. The molecule has 0 spiro atoms. The highest BCUT2D eigenvalue weighted by atomic mass is 32.2. The third kappa shape index (κ3) is 3.39. The van der Waals surface area contributed by atoms with Crippen molar-refractivity contribution in [3.8, 4) is 0 Å². The topological polar surface area (TPSA) is 62.3 Å². The predicted molar refractivity (Wildman–Crippen MR) is 99.4 cm³/mol. The number of anilines is 1. The lowest BCUT2D eigenvalue weighted by Crippen LogP contribution is -2.32. The number of benzene rings is 1. The molecule has 1 aromatic heterocycles. The van der Waals surface area contributed by atoms with Crippen LogP contribution in [0.1, 0.15) is 47.9 Å². The number of nitrogens with one attached hydrogen (secondary N) is 1. The molecule has 1 N–H and O–H groups in total. The number of carbonyl (C=O) groups excluding carboxylic acids is 2. The van der Waals surface area contributed by atoms with E-state index in [1.165, 1.54) is 11.8 Å². The van der Waals surface area contributed by atoms with Gasteiger partial charge < -0.3 is 10.2 Å². The van der Waals surface area contributed by atoms with E-state index >= 15 is 0 Å². The molecule has 1 aliphatic heterocycles. The first-order valence-electron chi connectivity index (χ1n) is 8.44. The third-order valence-corrected chi connectivity index (χ3v) is 5.34. The Bertz CT molecular complexity index is 822. The molecule has 2 heterocycles. The van der Waals surface area contributed by atoms with Crippen molar-refractivity contribution < 1.29 is 9.59 Å². The van der Waals surface area contributed by atoms with Crippen LogP contribution in [0.4, 0.5) is 5.69 Å². The number of aromatic nitrogens is 1. The van der Waals surface area contributed by atoms with Gasteiger partial charge in [-0.1, -0.05) is 18.7 Å². The summed E-state index contributed by atoms with van der Waals surface area (Å²) >= 11 is 1.43. The summed E-state index contributed by atoms with van der Waals surface area (Å²) in [5, 5.41) is 3.65. The summed E-state index contributed by atoms with van der Waals surface area (Å²) in [4.78, 5) is 32.2. The van der Waals surface area contributed by atoms with Crippen LogP contribution < -0.4 is 10.2 Å². The van der Waals surface area contributed by atoms with E-state index in [0.29, 0.717) is 22.7 Å². The minimum Gasteiger partial charge on any atom is -0.350 e. The van der Waals surface area contributed by atoms with Crippen molar-refractivity contribution in [2.24, 2.45) is 0 Å². The van der Waals surface area contributed by atoms with Gasteiger partial charge in [-0.15, -0.1) is 0 Å². The Morgan fingerprint density at radius 1 is 1.32 bits per heavy atom. The van der Waals surface area contributed by atoms with Crippen LogP contribution in [0.25, 0.3) is 0 Å². The summed E-state index contributed by atoms with van der Waals surface area (Å²) in [6, 6.07) is 9.15. The molecule has 0 radical (unpaired) electrons. The van der Waals surface area contributed by atoms with E-state index in [2.05, 4.69) is 10.3 Å². The minimum atomic E-state index is -0.0994. The summed E-state index contributed by atoms with van der Waals surface area (Å²) in [5.41, 5.74) is 2.00. The zero-order chi connectivity index (χ0) is 18.0. The van der Waals surface area contributed by atoms with Gasteiger partial charge in [0.05, 0.1) is 11.3 Å². The number of pyridine rings is 1. The molecule has 1 aliphatic rings. The average molecular weight is 355 g/mol. The van der Waals surface area contributed by atoms with Gasteiger partial charge in [0.1, 0.15) is 5.03 Å².